The van der Waals surface area contributed by atoms with E-state index < -0.39 is 0 Å². The van der Waals surface area contributed by atoms with Gasteiger partial charge in [0.05, 0.1) is 5.69 Å². The van der Waals surface area contributed by atoms with E-state index in [-0.39, 0.29) is 0 Å². The van der Waals surface area contributed by atoms with Crippen molar-refractivity contribution in [1.29, 1.82) is 0 Å². The van der Waals surface area contributed by atoms with Crippen molar-refractivity contribution in [3.05, 3.63) is 200 Å². The molecule has 0 N–H and O–H groups in total. The van der Waals surface area contributed by atoms with Crippen LogP contribution in [0.1, 0.15) is 0 Å². The van der Waals surface area contributed by atoms with Crippen LogP contribution in [0.4, 0.5) is 17.1 Å². The van der Waals surface area contributed by atoms with Crippen molar-refractivity contribution in [2.45, 2.75) is 0 Å². The molecule has 0 atom stereocenters. The molecule has 11 aromatic rings. The van der Waals surface area contributed by atoms with Crippen molar-refractivity contribution in [2.24, 2.45) is 0 Å². The van der Waals surface area contributed by atoms with E-state index in [9.17, 15) is 0 Å². The first-order valence-electron chi connectivity index (χ1n) is 18.7. The molecule has 9 aromatic carbocycles. The van der Waals surface area contributed by atoms with Crippen LogP contribution in [0, 0.1) is 0 Å². The SMILES string of the molecule is c1cc(-c2ccccc2-c2ccc3ccccc3c2)cc(N(c2ccc3c(c2)oc2ccccc23)c2ccccc2-c2ccc3sc4ccccc4c3c2)c1. The van der Waals surface area contributed by atoms with Gasteiger partial charge in [0.2, 0.25) is 0 Å². The van der Waals surface area contributed by atoms with Gasteiger partial charge in [0.1, 0.15) is 11.2 Å². The Morgan fingerprint density at radius 2 is 0.982 bits per heavy atom. The Hall–Kier alpha value is -6.94. The van der Waals surface area contributed by atoms with E-state index in [1.165, 1.54) is 53.2 Å². The van der Waals surface area contributed by atoms with Gasteiger partial charge in [0.25, 0.3) is 0 Å². The van der Waals surface area contributed by atoms with Crippen LogP contribution in [0.3, 0.4) is 0 Å². The van der Waals surface area contributed by atoms with Gasteiger partial charge in [-0.15, -0.1) is 11.3 Å². The molecule has 3 heteroatoms. The maximum Gasteiger partial charge on any atom is 0.137 e. The topological polar surface area (TPSA) is 16.4 Å². The van der Waals surface area contributed by atoms with Gasteiger partial charge < -0.3 is 9.32 Å². The summed E-state index contributed by atoms with van der Waals surface area (Å²) in [6.45, 7) is 0. The smallest absolute Gasteiger partial charge is 0.137 e. The Kier molecular flexibility index (Phi) is 7.39. The molecular weight excluding hydrogens is 687 g/mol. The van der Waals surface area contributed by atoms with Gasteiger partial charge >= 0.3 is 0 Å². The standard InChI is InChI=1S/C52H33NOS/c1-2-13-35-30-37(25-24-34(35)12-1)42-17-4-3-16-41(42)36-14-11-15-39(31-36)53(40-27-28-45-44-19-6-9-22-49(44)54-50(45)33-40)48-21-8-5-18-43(48)38-26-29-52-47(32-38)46-20-7-10-23-51(46)55-52/h1-33H. The van der Waals surface area contributed by atoms with Crippen LogP contribution in [0.5, 0.6) is 0 Å². The summed E-state index contributed by atoms with van der Waals surface area (Å²) < 4.78 is 9.08. The third-order valence-corrected chi connectivity index (χ3v) is 12.0. The average molecular weight is 720 g/mol. The molecule has 11 rings (SSSR count). The van der Waals surface area contributed by atoms with Gasteiger partial charge in [0, 0.05) is 53.9 Å². The number of para-hydroxylation sites is 2. The van der Waals surface area contributed by atoms with Gasteiger partial charge in [-0.05, 0) is 99.3 Å². The number of thiophene rings is 1. The zero-order valence-corrected chi connectivity index (χ0v) is 30.6. The molecule has 2 aromatic heterocycles. The molecular formula is C52H33NOS. The van der Waals surface area contributed by atoms with Crippen molar-refractivity contribution in [2.75, 3.05) is 4.90 Å². The average Bonchev–Trinajstić information content (AvgIpc) is 3.82. The quantitative estimate of drug-likeness (QED) is 0.170. The first-order valence-corrected chi connectivity index (χ1v) is 19.5. The number of rotatable bonds is 6. The number of hydrogen-bond acceptors (Lipinski definition) is 3. The predicted octanol–water partition coefficient (Wildman–Crippen LogP) is 15.6. The second-order valence-electron chi connectivity index (χ2n) is 14.1. The highest BCUT2D eigenvalue weighted by molar-refractivity contribution is 7.25. The molecule has 0 aliphatic rings. The van der Waals surface area contributed by atoms with Crippen LogP contribution < -0.4 is 4.90 Å². The number of fused-ring (bicyclic) bond motifs is 7. The van der Waals surface area contributed by atoms with Crippen LogP contribution in [-0.4, -0.2) is 0 Å². The molecule has 0 amide bonds. The molecule has 0 aliphatic heterocycles. The molecule has 55 heavy (non-hydrogen) atoms. The van der Waals surface area contributed by atoms with Crippen LogP contribution in [0.25, 0.3) is 86.3 Å². The highest BCUT2D eigenvalue weighted by Crippen LogP contribution is 2.45. The number of furan rings is 1. The van der Waals surface area contributed by atoms with Crippen LogP contribution in [-0.2, 0) is 0 Å². The summed E-state index contributed by atoms with van der Waals surface area (Å²) in [5.41, 5.74) is 12.0. The number of nitrogens with zero attached hydrogens (tertiary/aromatic N) is 1. The minimum absolute atomic E-state index is 0.866. The van der Waals surface area contributed by atoms with Gasteiger partial charge in [-0.1, -0.05) is 133 Å². The number of hydrogen-bond donors (Lipinski definition) is 0. The Morgan fingerprint density at radius 3 is 1.87 bits per heavy atom. The summed E-state index contributed by atoms with van der Waals surface area (Å²) in [5, 5.41) is 7.30. The maximum absolute atomic E-state index is 6.47. The summed E-state index contributed by atoms with van der Waals surface area (Å²) in [7, 11) is 0. The molecule has 0 bridgehead atoms. The number of anilines is 3. The Balaban J connectivity index is 1.11. The molecule has 0 radical (unpaired) electrons. The zero-order chi connectivity index (χ0) is 36.3. The molecule has 0 aliphatic carbocycles. The van der Waals surface area contributed by atoms with Crippen LogP contribution in [0.15, 0.2) is 205 Å². The van der Waals surface area contributed by atoms with Gasteiger partial charge in [-0.3, -0.25) is 0 Å². The van der Waals surface area contributed by atoms with E-state index >= 15 is 0 Å². The van der Waals surface area contributed by atoms with Crippen LogP contribution >= 0.6 is 11.3 Å². The molecule has 0 fully saturated rings. The lowest BCUT2D eigenvalue weighted by atomic mass is 9.93. The summed E-state index contributed by atoms with van der Waals surface area (Å²) in [6.07, 6.45) is 0. The largest absolute Gasteiger partial charge is 0.456 e. The second-order valence-corrected chi connectivity index (χ2v) is 15.2. The first-order chi connectivity index (χ1) is 27.2. The van der Waals surface area contributed by atoms with Crippen molar-refractivity contribution in [1.82, 2.24) is 0 Å². The molecule has 0 saturated carbocycles. The molecule has 0 spiro atoms. The van der Waals surface area contributed by atoms with E-state index in [1.807, 2.05) is 23.5 Å². The second kappa shape index (κ2) is 12.9. The lowest BCUT2D eigenvalue weighted by Gasteiger charge is -2.28. The first kappa shape index (κ1) is 31.6. The third-order valence-electron chi connectivity index (χ3n) is 10.9. The fourth-order valence-electron chi connectivity index (χ4n) is 8.24. The Bertz CT molecular complexity index is 3240. The Labute approximate surface area is 322 Å². The lowest BCUT2D eigenvalue weighted by Crippen LogP contribution is -2.11. The van der Waals surface area contributed by atoms with Crippen molar-refractivity contribution < 1.29 is 4.42 Å². The monoisotopic (exact) mass is 719 g/mol. The summed E-state index contributed by atoms with van der Waals surface area (Å²) >= 11 is 1.85. The number of benzene rings is 9. The molecule has 2 nitrogen and oxygen atoms in total. The van der Waals surface area contributed by atoms with Crippen LogP contribution in [0.2, 0.25) is 0 Å². The molecule has 2 heterocycles. The molecule has 258 valence electrons. The van der Waals surface area contributed by atoms with Crippen molar-refractivity contribution in [3.8, 4) is 33.4 Å². The van der Waals surface area contributed by atoms with E-state index in [0.29, 0.717) is 0 Å². The van der Waals surface area contributed by atoms with Crippen molar-refractivity contribution >= 4 is 81.3 Å². The highest BCUT2D eigenvalue weighted by atomic mass is 32.1. The van der Waals surface area contributed by atoms with Gasteiger partial charge in [0.15, 0.2) is 0 Å². The summed E-state index contributed by atoms with van der Waals surface area (Å²) in [5.74, 6) is 0. The van der Waals surface area contributed by atoms with E-state index in [0.717, 1.165) is 50.1 Å². The highest BCUT2D eigenvalue weighted by Gasteiger charge is 2.20. The maximum atomic E-state index is 6.47. The van der Waals surface area contributed by atoms with Crippen molar-refractivity contribution in [3.63, 3.8) is 0 Å². The summed E-state index contributed by atoms with van der Waals surface area (Å²) in [4.78, 5) is 2.39. The fraction of sp³-hybridized carbons (Fsp3) is 0. The summed E-state index contributed by atoms with van der Waals surface area (Å²) in [6, 6.07) is 72.3. The zero-order valence-electron chi connectivity index (χ0n) is 29.8. The van der Waals surface area contributed by atoms with E-state index in [2.05, 4.69) is 193 Å². The minimum atomic E-state index is 0.866. The van der Waals surface area contributed by atoms with Gasteiger partial charge in [-0.2, -0.15) is 0 Å². The predicted molar refractivity (Wildman–Crippen MR) is 235 cm³/mol. The molecule has 0 unspecified atom stereocenters. The fourth-order valence-corrected chi connectivity index (χ4v) is 9.33. The van der Waals surface area contributed by atoms with E-state index in [1.54, 1.807) is 0 Å². The van der Waals surface area contributed by atoms with Gasteiger partial charge in [-0.25, -0.2) is 0 Å². The Morgan fingerprint density at radius 1 is 0.345 bits per heavy atom. The normalized spacial score (nSPS) is 11.6. The molecule has 0 saturated heterocycles. The lowest BCUT2D eigenvalue weighted by molar-refractivity contribution is 0.669. The van der Waals surface area contributed by atoms with E-state index in [4.69, 9.17) is 4.42 Å². The minimum Gasteiger partial charge on any atom is -0.456 e. The third kappa shape index (κ3) is 5.40.